The Morgan fingerprint density at radius 2 is 1.85 bits per heavy atom. The van der Waals surface area contributed by atoms with Gasteiger partial charge in [-0.2, -0.15) is 0 Å². The molecule has 2 bridgehead atoms. The van der Waals surface area contributed by atoms with Crippen LogP contribution < -0.4 is 33.5 Å². The van der Waals surface area contributed by atoms with Gasteiger partial charge in [-0.1, -0.05) is 54.6 Å². The van der Waals surface area contributed by atoms with Gasteiger partial charge in [-0.3, -0.25) is 4.79 Å². The predicted octanol–water partition coefficient (Wildman–Crippen LogP) is 2.81. The molecule has 0 radical (unpaired) electrons. The summed E-state index contributed by atoms with van der Waals surface area (Å²) in [5, 5.41) is 11.2. The number of aromatic hydroxyl groups is 1. The third kappa shape index (κ3) is 3.78. The summed E-state index contributed by atoms with van der Waals surface area (Å²) in [7, 11) is 2.46. The van der Waals surface area contributed by atoms with Crippen molar-refractivity contribution in [2.45, 2.75) is 62.7 Å². The van der Waals surface area contributed by atoms with E-state index in [1.165, 1.54) is 24.9 Å². The molecule has 2 saturated carbocycles. The minimum absolute atomic E-state index is 0. The number of ketones is 1. The van der Waals surface area contributed by atoms with Gasteiger partial charge in [0.25, 0.3) is 0 Å². The Balaban J connectivity index is 0.00000264. The van der Waals surface area contributed by atoms with E-state index >= 15 is 0 Å². The van der Waals surface area contributed by atoms with Crippen molar-refractivity contribution in [1.29, 1.82) is 0 Å². The number of rotatable bonds is 6. The molecule has 2 aliphatic heterocycles. The van der Waals surface area contributed by atoms with E-state index in [1.54, 1.807) is 6.07 Å². The van der Waals surface area contributed by atoms with Crippen LogP contribution in [0.1, 0.15) is 48.8 Å². The zero-order valence-electron chi connectivity index (χ0n) is 22.9. The average Bonchev–Trinajstić information content (AvgIpc) is 3.69. The second-order valence-corrected chi connectivity index (χ2v) is 12.9. The summed E-state index contributed by atoms with van der Waals surface area (Å²) < 4.78 is 14.1. The third-order valence-electron chi connectivity index (χ3n) is 10.7. The Morgan fingerprint density at radius 1 is 1.07 bits per heavy atom. The van der Waals surface area contributed by atoms with Gasteiger partial charge in [0.15, 0.2) is 23.4 Å². The molecule has 40 heavy (non-hydrogen) atoms. The second-order valence-electron chi connectivity index (χ2n) is 12.9. The van der Waals surface area contributed by atoms with Crippen LogP contribution in [-0.4, -0.2) is 47.7 Å². The summed E-state index contributed by atoms with van der Waals surface area (Å²) in [6, 6.07) is 21.0. The van der Waals surface area contributed by atoms with E-state index in [9.17, 15) is 9.90 Å². The first-order valence-electron chi connectivity index (χ1n) is 14.7. The van der Waals surface area contributed by atoms with Crippen molar-refractivity contribution < 1.29 is 47.8 Å². The number of piperidine rings is 1. The van der Waals surface area contributed by atoms with E-state index in [0.29, 0.717) is 30.7 Å². The van der Waals surface area contributed by atoms with Crippen LogP contribution in [0.25, 0.3) is 11.1 Å². The highest BCUT2D eigenvalue weighted by atomic mass is 127. The van der Waals surface area contributed by atoms with Gasteiger partial charge in [-0.15, -0.1) is 0 Å². The molecule has 2 heterocycles. The van der Waals surface area contributed by atoms with Gasteiger partial charge < -0.3 is 43.0 Å². The lowest BCUT2D eigenvalue weighted by Gasteiger charge is -2.60. The summed E-state index contributed by atoms with van der Waals surface area (Å²) in [5.74, 6) is 2.84. The molecule has 1 saturated heterocycles. The number of likely N-dealkylation sites (N-methyl/N-ethyl adjacent to an activating group) is 1. The maximum atomic E-state index is 13.3. The molecule has 0 amide bonds. The van der Waals surface area contributed by atoms with Gasteiger partial charge >= 0.3 is 0 Å². The second kappa shape index (κ2) is 9.48. The van der Waals surface area contributed by atoms with Gasteiger partial charge in [-0.25, -0.2) is 0 Å². The largest absolute Gasteiger partial charge is 1.00 e. The quantitative estimate of drug-likeness (QED) is 0.330. The Labute approximate surface area is 253 Å². The van der Waals surface area contributed by atoms with Crippen LogP contribution >= 0.6 is 0 Å². The van der Waals surface area contributed by atoms with E-state index in [1.807, 2.05) is 6.07 Å². The van der Waals surface area contributed by atoms with Crippen LogP contribution in [-0.2, 0) is 23.2 Å². The Bertz CT molecular complexity index is 1490. The SMILES string of the molecule is C[N@+]1(CC2CC2)CC[C@]23c4c5c(OCc6ccccc6-c6ccccc6)cc(O)c4O[C@H]2C(=O)CC[C@H]3[C@H]1C5.[I-]. The number of benzene rings is 3. The Hall–Kier alpha value is -2.58. The highest BCUT2D eigenvalue weighted by molar-refractivity contribution is 5.89. The maximum absolute atomic E-state index is 13.3. The molecule has 6 heteroatoms. The smallest absolute Gasteiger partial charge is 0.174 e. The van der Waals surface area contributed by atoms with Crippen molar-refractivity contribution in [3.8, 4) is 28.4 Å². The number of halogens is 1. The van der Waals surface area contributed by atoms with E-state index in [2.05, 4.69) is 55.6 Å². The molecule has 3 aromatic carbocycles. The van der Waals surface area contributed by atoms with Gasteiger partial charge in [0.05, 0.1) is 31.6 Å². The minimum Gasteiger partial charge on any atom is -1.00 e. The molecule has 0 aromatic heterocycles. The number of ether oxygens (including phenoxy) is 2. The maximum Gasteiger partial charge on any atom is 0.174 e. The highest BCUT2D eigenvalue weighted by Crippen LogP contribution is 2.65. The van der Waals surface area contributed by atoms with E-state index in [4.69, 9.17) is 9.47 Å². The molecule has 1 spiro atoms. The first kappa shape index (κ1) is 26.3. The van der Waals surface area contributed by atoms with Crippen LogP contribution in [0.4, 0.5) is 0 Å². The number of carbonyl (C=O) groups is 1. The Morgan fingerprint density at radius 3 is 2.65 bits per heavy atom. The molecule has 1 N–H and O–H groups in total. The lowest BCUT2D eigenvalue weighted by Crippen LogP contribution is -3.00. The van der Waals surface area contributed by atoms with Crippen molar-refractivity contribution in [3.63, 3.8) is 0 Å². The van der Waals surface area contributed by atoms with Crippen LogP contribution in [0.15, 0.2) is 60.7 Å². The number of phenols is 1. The van der Waals surface area contributed by atoms with Crippen LogP contribution in [0.5, 0.6) is 17.2 Å². The monoisotopic (exact) mass is 649 g/mol. The average molecular weight is 650 g/mol. The number of hydrogen-bond donors (Lipinski definition) is 1. The summed E-state index contributed by atoms with van der Waals surface area (Å²) in [6.07, 6.45) is 5.60. The first-order valence-corrected chi connectivity index (χ1v) is 14.7. The summed E-state index contributed by atoms with van der Waals surface area (Å²) in [5.41, 5.74) is 5.35. The van der Waals surface area contributed by atoms with Crippen molar-refractivity contribution in [3.05, 3.63) is 77.4 Å². The summed E-state index contributed by atoms with van der Waals surface area (Å²) >= 11 is 0. The predicted molar refractivity (Wildman–Crippen MR) is 149 cm³/mol. The molecule has 5 atom stereocenters. The third-order valence-corrected chi connectivity index (χ3v) is 10.7. The highest BCUT2D eigenvalue weighted by Gasteiger charge is 2.69. The summed E-state index contributed by atoms with van der Waals surface area (Å²) in [4.78, 5) is 13.3. The van der Waals surface area contributed by atoms with E-state index in [-0.39, 0.29) is 40.9 Å². The van der Waals surface area contributed by atoms with Crippen molar-refractivity contribution in [1.82, 2.24) is 0 Å². The van der Waals surface area contributed by atoms with E-state index in [0.717, 1.165) is 64.2 Å². The number of nitrogens with zero attached hydrogens (tertiary/aromatic N) is 1. The van der Waals surface area contributed by atoms with Crippen molar-refractivity contribution in [2.75, 3.05) is 20.1 Å². The Kier molecular flexibility index (Phi) is 6.24. The normalized spacial score (nSPS) is 31.1. The van der Waals surface area contributed by atoms with Crippen LogP contribution in [0.3, 0.4) is 0 Å². The summed E-state index contributed by atoms with van der Waals surface area (Å²) in [6.45, 7) is 2.71. The van der Waals surface area contributed by atoms with Crippen LogP contribution in [0.2, 0.25) is 0 Å². The van der Waals surface area contributed by atoms with Crippen molar-refractivity contribution in [2.24, 2.45) is 11.8 Å². The van der Waals surface area contributed by atoms with Crippen molar-refractivity contribution >= 4 is 5.78 Å². The first-order chi connectivity index (χ1) is 19.0. The minimum atomic E-state index is -0.470. The number of likely N-dealkylation sites (tertiary alicyclic amines) is 1. The zero-order chi connectivity index (χ0) is 26.4. The van der Waals surface area contributed by atoms with Gasteiger partial charge in [0.2, 0.25) is 0 Å². The lowest BCUT2D eigenvalue weighted by molar-refractivity contribution is -0.946. The fourth-order valence-electron chi connectivity index (χ4n) is 8.79. The standard InChI is InChI=1S/C34H35NO4.HI/c1-35(19-21-11-12-21)16-15-34-26-13-14-28(36)33(34)39-32-29(37)18-30(25(31(32)34)17-27(26)35)38-20-23-9-5-6-10-24(23)22-7-3-2-4-8-22;/h2-10,18,21,26-27,33H,11-17,19-20H2,1H3;1H/t26-,27+,33-,34-,35+;/m0./s1. The molecule has 5 aliphatic rings. The molecule has 0 unspecified atom stereocenters. The fraction of sp³-hybridized carbons (Fsp3) is 0.441. The zero-order valence-corrected chi connectivity index (χ0v) is 25.1. The number of carbonyl (C=O) groups excluding carboxylic acids is 1. The van der Waals surface area contributed by atoms with Gasteiger partial charge in [0.1, 0.15) is 12.4 Å². The van der Waals surface area contributed by atoms with Gasteiger partial charge in [-0.05, 0) is 36.0 Å². The fourth-order valence-corrected chi connectivity index (χ4v) is 8.79. The molecule has 208 valence electrons. The molecular formula is C34H36INO4. The molecule has 8 rings (SSSR count). The lowest BCUT2D eigenvalue weighted by atomic mass is 9.51. The molecule has 3 aliphatic carbocycles. The number of quaternary nitrogens is 1. The molecular weight excluding hydrogens is 613 g/mol. The van der Waals surface area contributed by atoms with Crippen LogP contribution in [0, 0.1) is 11.8 Å². The number of hydrogen-bond acceptors (Lipinski definition) is 4. The molecule has 5 nitrogen and oxygen atoms in total. The number of phenolic OH excluding ortho intramolecular Hbond substituents is 1. The van der Waals surface area contributed by atoms with Gasteiger partial charge in [0, 0.05) is 48.3 Å². The molecule has 3 fully saturated rings. The molecule has 3 aromatic rings. The topological polar surface area (TPSA) is 55.8 Å². The number of Topliss-reactive ketones (excluding diaryl/α,β-unsaturated/α-hetero) is 1. The van der Waals surface area contributed by atoms with E-state index < -0.39 is 6.10 Å².